The molecule has 9 aliphatic rings. The Kier molecular flexibility index (Phi) is 1.73. The quantitative estimate of drug-likeness (QED) is 0.573. The first-order valence-electron chi connectivity index (χ1n) is 12.6. The Balaban J connectivity index is 1.37. The maximum atomic E-state index is 2.88. The maximum absolute atomic E-state index is 2.88. The molecule has 26 heavy (non-hydrogen) atoms. The fraction of sp³-hybridized carbons (Fsp3) is 1.00. The number of hydrogen-bond acceptors (Lipinski definition) is 0. The van der Waals surface area contributed by atoms with Crippen LogP contribution >= 0.6 is 0 Å². The van der Waals surface area contributed by atoms with Crippen molar-refractivity contribution in [1.82, 2.24) is 0 Å². The highest BCUT2D eigenvalue weighted by molar-refractivity contribution is 5.56. The molecule has 140 valence electrons. The van der Waals surface area contributed by atoms with E-state index in [9.17, 15) is 0 Å². The van der Waals surface area contributed by atoms with Crippen molar-refractivity contribution in [3.63, 3.8) is 0 Å². The zero-order valence-electron chi connectivity index (χ0n) is 17.2. The van der Waals surface area contributed by atoms with E-state index in [1.54, 1.807) is 38.5 Å². The minimum absolute atomic E-state index is 0.761. The van der Waals surface area contributed by atoms with Crippen molar-refractivity contribution < 1.29 is 0 Å². The Morgan fingerprint density at radius 3 is 2.35 bits per heavy atom. The molecule has 0 amide bonds. The van der Waals surface area contributed by atoms with E-state index >= 15 is 0 Å². The van der Waals surface area contributed by atoms with Crippen LogP contribution in [-0.4, -0.2) is 0 Å². The molecule has 0 bridgehead atoms. The standard InChI is InChI=1S/C26H36/c1-5-23-18-12(3)7-8-13-19(22(23,4)20(13)18)17-16-11-15-14-9-10-25(14)24(23,6-2)21(17)26(15,16)25/h12-21H,5-11H2,1-4H3. The smallest absolute Gasteiger partial charge is 0.0133 e. The predicted molar refractivity (Wildman–Crippen MR) is 102 cm³/mol. The van der Waals surface area contributed by atoms with Gasteiger partial charge < -0.3 is 0 Å². The lowest BCUT2D eigenvalue weighted by atomic mass is 8.91. The topological polar surface area (TPSA) is 0 Å². The third-order valence-corrected chi connectivity index (χ3v) is 15.3. The van der Waals surface area contributed by atoms with Gasteiger partial charge in [-0.05, 0) is 125 Å². The third-order valence-electron chi connectivity index (χ3n) is 15.3. The van der Waals surface area contributed by atoms with E-state index in [1.165, 1.54) is 47.8 Å². The summed E-state index contributed by atoms with van der Waals surface area (Å²) in [7, 11) is 0. The van der Waals surface area contributed by atoms with Gasteiger partial charge in [-0.3, -0.25) is 0 Å². The Morgan fingerprint density at radius 1 is 0.846 bits per heavy atom. The van der Waals surface area contributed by atoms with Gasteiger partial charge in [-0.25, -0.2) is 0 Å². The van der Waals surface area contributed by atoms with Crippen LogP contribution in [0.2, 0.25) is 0 Å². The molecule has 0 radical (unpaired) electrons. The highest BCUT2D eigenvalue weighted by Crippen LogP contribution is 3.13. The normalized spacial score (nSPS) is 84.5. The molecule has 0 heteroatoms. The van der Waals surface area contributed by atoms with Crippen molar-refractivity contribution in [2.75, 3.05) is 0 Å². The first-order chi connectivity index (χ1) is 12.6. The minimum Gasteiger partial charge on any atom is -0.0648 e. The van der Waals surface area contributed by atoms with E-state index in [-0.39, 0.29) is 0 Å². The first-order valence-corrected chi connectivity index (χ1v) is 12.6. The molecule has 0 aromatic carbocycles. The van der Waals surface area contributed by atoms with E-state index in [1.807, 2.05) is 0 Å². The van der Waals surface area contributed by atoms with Gasteiger partial charge in [0.2, 0.25) is 0 Å². The molecule has 0 N–H and O–H groups in total. The van der Waals surface area contributed by atoms with Crippen LogP contribution in [0.25, 0.3) is 0 Å². The second-order valence-corrected chi connectivity index (χ2v) is 13.3. The van der Waals surface area contributed by atoms with Crippen LogP contribution in [0.5, 0.6) is 0 Å². The molecule has 9 aliphatic carbocycles. The molecule has 9 rings (SSSR count). The van der Waals surface area contributed by atoms with Gasteiger partial charge in [0.15, 0.2) is 0 Å². The van der Waals surface area contributed by atoms with Crippen LogP contribution in [-0.2, 0) is 0 Å². The third kappa shape index (κ3) is 0.676. The van der Waals surface area contributed by atoms with Gasteiger partial charge in [0.05, 0.1) is 0 Å². The summed E-state index contributed by atoms with van der Waals surface area (Å²) < 4.78 is 0. The van der Waals surface area contributed by atoms with Crippen molar-refractivity contribution in [2.24, 2.45) is 86.3 Å². The van der Waals surface area contributed by atoms with Gasteiger partial charge in [0, 0.05) is 0 Å². The molecule has 0 aromatic heterocycles. The zero-order valence-corrected chi connectivity index (χ0v) is 17.2. The van der Waals surface area contributed by atoms with Crippen LogP contribution in [0.3, 0.4) is 0 Å². The summed E-state index contributed by atoms with van der Waals surface area (Å²) in [5.74, 6) is 11.7. The lowest BCUT2D eigenvalue weighted by Gasteiger charge is -3.13. The predicted octanol–water partition coefficient (Wildman–Crippen LogP) is 6.01. The Hall–Kier alpha value is 0. The van der Waals surface area contributed by atoms with Gasteiger partial charge in [-0.2, -0.15) is 0 Å². The van der Waals surface area contributed by atoms with E-state index in [0.717, 1.165) is 44.8 Å². The number of rotatable bonds is 2. The SMILES string of the molecule is CCC12C3C(C)CCC4C(C5C6CC7C8CCC89C67C5C19CC)C2(C)C43. The summed E-state index contributed by atoms with van der Waals surface area (Å²) in [4.78, 5) is 0. The zero-order chi connectivity index (χ0) is 17.2. The fourth-order valence-electron chi connectivity index (χ4n) is 16.3. The Morgan fingerprint density at radius 2 is 1.65 bits per heavy atom. The fourth-order valence-corrected chi connectivity index (χ4v) is 16.3. The van der Waals surface area contributed by atoms with E-state index in [2.05, 4.69) is 27.7 Å². The summed E-state index contributed by atoms with van der Waals surface area (Å²) in [6, 6.07) is 0. The van der Waals surface area contributed by atoms with Gasteiger partial charge in [0.1, 0.15) is 0 Å². The van der Waals surface area contributed by atoms with Gasteiger partial charge in [-0.15, -0.1) is 0 Å². The summed E-state index contributed by atoms with van der Waals surface area (Å²) in [5, 5.41) is 0. The summed E-state index contributed by atoms with van der Waals surface area (Å²) in [6.45, 7) is 10.9. The highest BCUT2D eigenvalue weighted by atomic mass is 15.1. The molecule has 0 heterocycles. The number of hydrogen-bond donors (Lipinski definition) is 0. The van der Waals surface area contributed by atoms with Crippen LogP contribution in [0.15, 0.2) is 0 Å². The van der Waals surface area contributed by atoms with Crippen molar-refractivity contribution in [3.05, 3.63) is 0 Å². The van der Waals surface area contributed by atoms with Gasteiger partial charge >= 0.3 is 0 Å². The highest BCUT2D eigenvalue weighted by Gasteiger charge is 3.10. The molecule has 0 saturated heterocycles. The molecule has 0 nitrogen and oxygen atoms in total. The van der Waals surface area contributed by atoms with Gasteiger partial charge in [0.25, 0.3) is 0 Å². The van der Waals surface area contributed by atoms with Crippen molar-refractivity contribution in [2.45, 2.75) is 72.6 Å². The molecule has 2 spiro atoms. The Bertz CT molecular complexity index is 809. The molecular weight excluding hydrogens is 312 g/mol. The second-order valence-electron chi connectivity index (χ2n) is 13.3. The molecule has 9 fully saturated rings. The largest absolute Gasteiger partial charge is 0.0648 e. The average Bonchev–Trinajstić information content (AvgIpc) is 2.58. The summed E-state index contributed by atoms with van der Waals surface area (Å²) in [5.41, 5.74) is 4.18. The summed E-state index contributed by atoms with van der Waals surface area (Å²) in [6.07, 6.45) is 11.3. The van der Waals surface area contributed by atoms with Crippen LogP contribution in [0.4, 0.5) is 0 Å². The lowest BCUT2D eigenvalue weighted by molar-refractivity contribution is -0.662. The average molecular weight is 349 g/mol. The maximum Gasteiger partial charge on any atom is -0.0133 e. The Labute approximate surface area is 159 Å². The first kappa shape index (κ1) is 14.1. The van der Waals surface area contributed by atoms with Crippen LogP contribution in [0, 0.1) is 86.3 Å². The van der Waals surface area contributed by atoms with Crippen molar-refractivity contribution in [1.29, 1.82) is 0 Å². The van der Waals surface area contributed by atoms with E-state index < -0.39 is 0 Å². The van der Waals surface area contributed by atoms with Crippen molar-refractivity contribution in [3.8, 4) is 0 Å². The van der Waals surface area contributed by atoms with Crippen LogP contribution in [0.1, 0.15) is 72.6 Å². The molecule has 0 aliphatic heterocycles. The second kappa shape index (κ2) is 3.21. The minimum atomic E-state index is 0.761. The molecule has 15 unspecified atom stereocenters. The van der Waals surface area contributed by atoms with Gasteiger partial charge in [-0.1, -0.05) is 34.1 Å². The van der Waals surface area contributed by atoms with Crippen LogP contribution < -0.4 is 0 Å². The van der Waals surface area contributed by atoms with E-state index in [4.69, 9.17) is 0 Å². The lowest BCUT2D eigenvalue weighted by Crippen LogP contribution is -3.09. The van der Waals surface area contributed by atoms with E-state index in [0.29, 0.717) is 0 Å². The number of fused-ring (bicyclic) bond motifs is 6. The van der Waals surface area contributed by atoms with Crippen molar-refractivity contribution >= 4 is 0 Å². The molecule has 0 aromatic rings. The molecule has 9 saturated carbocycles. The molecular formula is C26H36. The monoisotopic (exact) mass is 348 g/mol. The molecule has 15 atom stereocenters. The summed E-state index contributed by atoms with van der Waals surface area (Å²) >= 11 is 0.